The number of carbonyl (C=O) groups is 5. The maximum Gasteiger partial charge on any atom is 0.339 e. The minimum Gasteiger partial charge on any atom is -0.480 e. The fourth-order valence-corrected chi connectivity index (χ4v) is 12.3. The zero-order chi connectivity index (χ0) is 56.1. The van der Waals surface area contributed by atoms with E-state index in [1.165, 1.54) is 6.92 Å². The summed E-state index contributed by atoms with van der Waals surface area (Å²) < 4.78 is 77.7. The quantitative estimate of drug-likeness (QED) is 0.0211. The highest BCUT2D eigenvalue weighted by Gasteiger charge is 2.40. The molecule has 0 saturated heterocycles. The minimum atomic E-state index is -4.94. The van der Waals surface area contributed by atoms with Crippen molar-refractivity contribution < 1.29 is 155 Å². The molecule has 0 heterocycles. The molecule has 0 amide bonds. The van der Waals surface area contributed by atoms with Crippen molar-refractivity contribution in [2.24, 2.45) is 5.41 Å². The molecule has 0 rings (SSSR count). The van der Waals surface area contributed by atoms with Gasteiger partial charge in [0, 0.05) is 12.0 Å². The van der Waals surface area contributed by atoms with Crippen molar-refractivity contribution in [1.29, 1.82) is 0 Å². The summed E-state index contributed by atoms with van der Waals surface area (Å²) >= 11 is 0. The molecule has 0 aromatic carbocycles. The van der Waals surface area contributed by atoms with Crippen LogP contribution in [0.15, 0.2) is 0 Å². The summed E-state index contributed by atoms with van der Waals surface area (Å²) in [6, 6.07) is 0. The fraction of sp³-hybridized carbons (Fsp3) is 0.800. The van der Waals surface area contributed by atoms with Gasteiger partial charge in [0.2, 0.25) is 0 Å². The zero-order valence-corrected chi connectivity index (χ0v) is 42.6. The summed E-state index contributed by atoms with van der Waals surface area (Å²) in [6.45, 7) is -5.35. The highest BCUT2D eigenvalue weighted by Crippen LogP contribution is 2.50. The third-order valence-corrected chi connectivity index (χ3v) is 13.5. The number of aliphatic hydroxyl groups is 1. The minimum absolute atomic E-state index is 0.0831. The Hall–Kier alpha value is -1.88. The van der Waals surface area contributed by atoms with Crippen LogP contribution in [0.5, 0.6) is 0 Å². The molecule has 0 fully saturated rings. The molecule has 20 N–H and O–H groups in total. The fourth-order valence-electron chi connectivity index (χ4n) is 5.61. The second-order valence-corrected chi connectivity index (χ2v) is 26.4. The number of hydrogen-bond acceptors (Lipinski definition) is 19. The lowest BCUT2D eigenvalue weighted by atomic mass is 9.91. The largest absolute Gasteiger partial charge is 0.480 e. The Balaban J connectivity index is -0.00000101. The zero-order valence-electron chi connectivity index (χ0n) is 36.4. The van der Waals surface area contributed by atoms with Crippen LogP contribution in [-0.2, 0) is 55.9 Å². The lowest BCUT2D eigenvalue weighted by Crippen LogP contribution is -2.50. The summed E-state index contributed by atoms with van der Waals surface area (Å²) in [6.07, 6.45) is -7.63. The maximum atomic E-state index is 11.3. The van der Waals surface area contributed by atoms with Gasteiger partial charge in [0.05, 0.1) is 71.7 Å². The van der Waals surface area contributed by atoms with Crippen molar-refractivity contribution in [1.82, 2.24) is 29.4 Å². The lowest BCUT2D eigenvalue weighted by Gasteiger charge is -2.34. The Bertz CT molecular complexity index is 1840. The molecule has 0 radical (unpaired) electrons. The summed E-state index contributed by atoms with van der Waals surface area (Å²) in [5, 5.41) is 53.0. The van der Waals surface area contributed by atoms with Crippen LogP contribution in [0.2, 0.25) is 0 Å². The molecule has 0 bridgehead atoms. The highest BCUT2D eigenvalue weighted by molar-refractivity contribution is 7.54. The van der Waals surface area contributed by atoms with E-state index in [1.807, 2.05) is 0 Å². The molecular weight excluding hydrogens is 1110 g/mol. The van der Waals surface area contributed by atoms with Gasteiger partial charge in [0.15, 0.2) is 0 Å². The van der Waals surface area contributed by atoms with Gasteiger partial charge in [-0.2, -0.15) is 0 Å². The second-order valence-electron chi connectivity index (χ2n) is 15.0. The van der Waals surface area contributed by atoms with E-state index in [-0.39, 0.29) is 6.42 Å². The van der Waals surface area contributed by atoms with Crippen molar-refractivity contribution in [3.63, 3.8) is 0 Å². The Kier molecular flexibility index (Phi) is 32.2. The van der Waals surface area contributed by atoms with Crippen molar-refractivity contribution in [2.75, 3.05) is 110 Å². The second kappa shape index (κ2) is 31.1. The molecule has 0 aromatic heterocycles. The van der Waals surface area contributed by atoms with Gasteiger partial charge in [-0.15, -0.1) is 0 Å². The predicted molar refractivity (Wildman–Crippen MR) is 231 cm³/mol. The molecule has 0 aromatic rings. The van der Waals surface area contributed by atoms with Crippen LogP contribution in [0.25, 0.3) is 0 Å². The van der Waals surface area contributed by atoms with Crippen LogP contribution >= 0.6 is 53.2 Å². The summed E-state index contributed by atoms with van der Waals surface area (Å²) in [7, 11) is -33.4. The molecule has 0 aliphatic rings. The normalized spacial score (nSPS) is 13.3. The van der Waals surface area contributed by atoms with Crippen LogP contribution in [0.1, 0.15) is 13.3 Å². The van der Waals surface area contributed by atoms with Gasteiger partial charge in [0.1, 0.15) is 31.4 Å². The van der Waals surface area contributed by atoms with Gasteiger partial charge in [0.25, 0.3) is 0 Å². The molecular formula is C25H59N6O32P7. The Morgan fingerprint density at radius 3 is 0.714 bits per heavy atom. The van der Waals surface area contributed by atoms with Crippen LogP contribution in [0.3, 0.4) is 0 Å². The first-order chi connectivity index (χ1) is 31.0. The number of aliphatic hydroxyl groups excluding tert-OH is 1. The molecule has 0 saturated carbocycles. The third-order valence-electron chi connectivity index (χ3n) is 7.48. The first-order valence-electron chi connectivity index (χ1n) is 18.3. The number of hydrogen-bond donors (Lipinski definition) is 20. The topological polar surface area (TPSA) is 629 Å². The SMILES string of the molecule is CCC(CO)(CP(=O)(O)O)CP(=O)(O)O.O=C(O)CN(CC(=O)O)CN(CC(=O)O)CN(CC(=O)O)CC(=O)O.O=P(O)(O)CN(CN(CP(=O)(O)O)CP(=O)(O)O)CN(CP(=O)(O)O)CP(=O)(O)O. The molecule has 70 heavy (non-hydrogen) atoms. The van der Waals surface area contributed by atoms with Gasteiger partial charge < -0.3 is 99.1 Å². The Morgan fingerprint density at radius 1 is 0.343 bits per heavy atom. The van der Waals surface area contributed by atoms with E-state index in [9.17, 15) is 55.9 Å². The van der Waals surface area contributed by atoms with E-state index in [4.69, 9.17) is 99.1 Å². The number of nitrogens with zero attached hydrogens (tertiary/aromatic N) is 6. The van der Waals surface area contributed by atoms with Gasteiger partial charge in [-0.1, -0.05) is 6.92 Å². The number of rotatable bonds is 34. The van der Waals surface area contributed by atoms with E-state index in [0.29, 0.717) is 14.7 Å². The molecule has 0 aliphatic carbocycles. The smallest absolute Gasteiger partial charge is 0.339 e. The van der Waals surface area contributed by atoms with E-state index in [0.717, 1.165) is 14.7 Å². The number of carboxylic acids is 5. The van der Waals surface area contributed by atoms with Crippen molar-refractivity contribution in [3.05, 3.63) is 0 Å². The maximum absolute atomic E-state index is 11.3. The average molecular weight is 1170 g/mol. The van der Waals surface area contributed by atoms with Gasteiger partial charge >= 0.3 is 83.0 Å². The van der Waals surface area contributed by atoms with E-state index in [1.54, 1.807) is 0 Å². The number of aliphatic carboxylic acids is 5. The monoisotopic (exact) mass is 1170 g/mol. The summed E-state index contributed by atoms with van der Waals surface area (Å²) in [5.74, 6) is -6.71. The standard InChI is InChI=1S/C12H19N3O10.C7H24N3O15P5.C6H16O7P2/c16-8(17)1-13(2-9(18)19)6-15(5-12(24)25)7-14(3-10(20)21)4-11(22)23;11-26(12,13)3-8(1-9(4-27(14,15)16)5-28(17,18)19)2-10(6-29(20,21)22)7-30(23,24)25;1-2-6(3-7,4-14(8,9)10)5-15(11,12)13/h1-7H2,(H,16,17)(H,18,19)(H,20,21)(H,22,23)(H,24,25);1-7H2,(H2,11,12,13)(H2,14,15,16)(H2,17,18,19)(H2,20,21,22)(H2,23,24,25);7H,2-5H2,1H3,(H2,8,9,10)(H2,11,12,13). The summed E-state index contributed by atoms with van der Waals surface area (Å²) in [4.78, 5) is 184. The Labute approximate surface area is 395 Å². The molecule has 38 nitrogen and oxygen atoms in total. The van der Waals surface area contributed by atoms with Crippen molar-refractivity contribution in [2.45, 2.75) is 13.3 Å². The molecule has 0 unspecified atom stereocenters. The predicted octanol–water partition coefficient (Wildman–Crippen LogP) is -5.56. The Morgan fingerprint density at radius 2 is 0.543 bits per heavy atom. The molecule has 45 heteroatoms. The molecule has 0 spiro atoms. The van der Waals surface area contributed by atoms with E-state index >= 15 is 0 Å². The lowest BCUT2D eigenvalue weighted by molar-refractivity contribution is -0.144. The van der Waals surface area contributed by atoms with Crippen molar-refractivity contribution >= 4 is 83.0 Å². The average Bonchev–Trinajstić information content (AvgIpc) is 3.01. The highest BCUT2D eigenvalue weighted by atomic mass is 31.2. The van der Waals surface area contributed by atoms with Gasteiger partial charge in [-0.25, -0.2) is 0 Å². The van der Waals surface area contributed by atoms with Crippen LogP contribution in [0.4, 0.5) is 0 Å². The first-order valence-corrected chi connectivity index (χ1v) is 30.9. The van der Waals surface area contributed by atoms with Crippen LogP contribution in [0, 0.1) is 5.41 Å². The number of carboxylic acid groups (broad SMARTS) is 5. The molecule has 0 aliphatic heterocycles. The first kappa shape index (κ1) is 72.4. The van der Waals surface area contributed by atoms with Crippen LogP contribution < -0.4 is 0 Å². The third kappa shape index (κ3) is 47.1. The van der Waals surface area contributed by atoms with Gasteiger partial charge in [-0.05, 0) is 6.42 Å². The summed E-state index contributed by atoms with van der Waals surface area (Å²) in [5.41, 5.74) is -1.42. The van der Waals surface area contributed by atoms with Crippen molar-refractivity contribution in [3.8, 4) is 0 Å². The van der Waals surface area contributed by atoms with Gasteiger partial charge in [-0.3, -0.25) is 85.3 Å². The van der Waals surface area contributed by atoms with E-state index < -0.39 is 198 Å². The van der Waals surface area contributed by atoms with Crippen LogP contribution in [-0.4, -0.2) is 268 Å². The van der Waals surface area contributed by atoms with E-state index in [2.05, 4.69) is 0 Å². The molecule has 0 atom stereocenters. The molecule has 416 valence electrons.